The molecule has 0 radical (unpaired) electrons. The molecule has 1 aromatic heterocycles. The van der Waals surface area contributed by atoms with Gasteiger partial charge in [0.1, 0.15) is 5.75 Å². The van der Waals surface area contributed by atoms with Gasteiger partial charge in [-0.1, -0.05) is 6.92 Å². The number of morpholine rings is 1. The molecule has 0 saturated carbocycles. The fourth-order valence-corrected chi connectivity index (χ4v) is 5.67. The summed E-state index contributed by atoms with van der Waals surface area (Å²) in [6.45, 7) is 7.83. The second-order valence-corrected chi connectivity index (χ2v) is 9.77. The van der Waals surface area contributed by atoms with Crippen LogP contribution in [0.1, 0.15) is 48.9 Å². The highest BCUT2D eigenvalue weighted by Crippen LogP contribution is 2.43. The lowest BCUT2D eigenvalue weighted by molar-refractivity contribution is 0.0372. The number of benzene rings is 2. The molecule has 5 rings (SSSR count). The minimum Gasteiger partial charge on any atom is -0.497 e. The standard InChI is InChI=1S/C29H37N3O5/c1-5-37-28-17-22-20(15-27(28)35-4)8-9-32(29(33)31-10-12-36-13-11-31)26(22)14-19(2)24-18-30-25-7-6-21(34-3)16-23(24)25/h6-7,15-19,26,30H,5,8-14H2,1-4H3. The first-order valence-electron chi connectivity index (χ1n) is 13.2. The number of hydrogen-bond donors (Lipinski definition) is 1. The predicted molar refractivity (Wildman–Crippen MR) is 143 cm³/mol. The number of urea groups is 1. The third kappa shape index (κ3) is 4.94. The summed E-state index contributed by atoms with van der Waals surface area (Å²) in [5.41, 5.74) is 4.65. The number of aromatic nitrogens is 1. The van der Waals surface area contributed by atoms with Gasteiger partial charge in [0, 0.05) is 36.7 Å². The smallest absolute Gasteiger partial charge is 0.320 e. The quantitative estimate of drug-likeness (QED) is 0.480. The van der Waals surface area contributed by atoms with Gasteiger partial charge >= 0.3 is 6.03 Å². The van der Waals surface area contributed by atoms with Crippen LogP contribution in [0.5, 0.6) is 17.2 Å². The number of methoxy groups -OCH3 is 2. The largest absolute Gasteiger partial charge is 0.497 e. The zero-order chi connectivity index (χ0) is 25.9. The summed E-state index contributed by atoms with van der Waals surface area (Å²) in [6, 6.07) is 10.3. The van der Waals surface area contributed by atoms with Crippen LogP contribution >= 0.6 is 0 Å². The Labute approximate surface area is 218 Å². The number of aromatic amines is 1. The van der Waals surface area contributed by atoms with E-state index in [0.29, 0.717) is 39.5 Å². The Balaban J connectivity index is 1.52. The number of fused-ring (bicyclic) bond motifs is 2. The number of H-pyrrole nitrogens is 1. The van der Waals surface area contributed by atoms with Gasteiger partial charge in [0.05, 0.1) is 40.1 Å². The van der Waals surface area contributed by atoms with E-state index in [2.05, 4.69) is 47.3 Å². The number of hydrogen-bond acceptors (Lipinski definition) is 5. The molecular weight excluding hydrogens is 470 g/mol. The molecule has 3 heterocycles. The molecule has 0 aliphatic carbocycles. The van der Waals surface area contributed by atoms with Crippen molar-refractivity contribution in [3.05, 3.63) is 53.2 Å². The van der Waals surface area contributed by atoms with Crippen molar-refractivity contribution >= 4 is 16.9 Å². The average Bonchev–Trinajstić information content (AvgIpc) is 3.36. The van der Waals surface area contributed by atoms with Crippen molar-refractivity contribution in [2.75, 3.05) is 53.7 Å². The van der Waals surface area contributed by atoms with Crippen LogP contribution in [0.15, 0.2) is 36.5 Å². The number of carbonyl (C=O) groups is 1. The Morgan fingerprint density at radius 2 is 1.92 bits per heavy atom. The Morgan fingerprint density at radius 1 is 1.11 bits per heavy atom. The fraction of sp³-hybridized carbons (Fsp3) is 0.483. The van der Waals surface area contributed by atoms with Crippen molar-refractivity contribution in [3.63, 3.8) is 0 Å². The average molecular weight is 508 g/mol. The maximum Gasteiger partial charge on any atom is 0.320 e. The van der Waals surface area contributed by atoms with Crippen molar-refractivity contribution in [3.8, 4) is 17.2 Å². The molecule has 8 heteroatoms. The van der Waals surface area contributed by atoms with Gasteiger partial charge in [0.15, 0.2) is 11.5 Å². The molecule has 37 heavy (non-hydrogen) atoms. The van der Waals surface area contributed by atoms with Crippen LogP contribution in [-0.4, -0.2) is 74.5 Å². The zero-order valence-corrected chi connectivity index (χ0v) is 22.2. The lowest BCUT2D eigenvalue weighted by Gasteiger charge is -2.42. The summed E-state index contributed by atoms with van der Waals surface area (Å²) < 4.78 is 22.6. The van der Waals surface area contributed by atoms with Crippen molar-refractivity contribution < 1.29 is 23.7 Å². The summed E-state index contributed by atoms with van der Waals surface area (Å²) in [5.74, 6) is 2.48. The van der Waals surface area contributed by atoms with Gasteiger partial charge in [-0.3, -0.25) is 0 Å². The molecule has 198 valence electrons. The molecule has 8 nitrogen and oxygen atoms in total. The first-order chi connectivity index (χ1) is 18.0. The van der Waals surface area contributed by atoms with Gasteiger partial charge < -0.3 is 33.7 Å². The lowest BCUT2D eigenvalue weighted by atomic mass is 9.84. The number of nitrogens with one attached hydrogen (secondary N) is 1. The Hall–Kier alpha value is -3.39. The van der Waals surface area contributed by atoms with Crippen molar-refractivity contribution in [1.29, 1.82) is 0 Å². The Bertz CT molecular complexity index is 1250. The third-order valence-electron chi connectivity index (χ3n) is 7.64. The van der Waals surface area contributed by atoms with Crippen molar-refractivity contribution in [2.24, 2.45) is 0 Å². The van der Waals surface area contributed by atoms with Gasteiger partial charge in [0.2, 0.25) is 0 Å². The van der Waals surface area contributed by atoms with E-state index in [1.165, 1.54) is 11.1 Å². The number of rotatable bonds is 7. The molecule has 2 amide bonds. The van der Waals surface area contributed by atoms with E-state index < -0.39 is 0 Å². The molecule has 3 aromatic rings. The number of nitrogens with zero attached hydrogens (tertiary/aromatic N) is 2. The van der Waals surface area contributed by atoms with E-state index >= 15 is 0 Å². The maximum atomic E-state index is 13.8. The minimum absolute atomic E-state index is 0.0838. The van der Waals surface area contributed by atoms with E-state index in [-0.39, 0.29) is 18.0 Å². The Morgan fingerprint density at radius 3 is 2.65 bits per heavy atom. The highest BCUT2D eigenvalue weighted by atomic mass is 16.5. The highest BCUT2D eigenvalue weighted by Gasteiger charge is 2.36. The van der Waals surface area contributed by atoms with Crippen LogP contribution in [0.3, 0.4) is 0 Å². The van der Waals surface area contributed by atoms with Crippen LogP contribution in [0.2, 0.25) is 0 Å². The van der Waals surface area contributed by atoms with Gasteiger partial charge in [-0.05, 0) is 72.7 Å². The first kappa shape index (κ1) is 25.3. The van der Waals surface area contributed by atoms with Gasteiger partial charge in [-0.25, -0.2) is 4.79 Å². The maximum absolute atomic E-state index is 13.8. The molecule has 1 N–H and O–H groups in total. The second-order valence-electron chi connectivity index (χ2n) is 9.77. The monoisotopic (exact) mass is 507 g/mol. The Kier molecular flexibility index (Phi) is 7.46. The predicted octanol–water partition coefficient (Wildman–Crippen LogP) is 5.13. The van der Waals surface area contributed by atoms with Crippen LogP contribution in [0.25, 0.3) is 10.9 Å². The lowest BCUT2D eigenvalue weighted by Crippen LogP contribution is -2.51. The second kappa shape index (κ2) is 10.9. The van der Waals surface area contributed by atoms with Gasteiger partial charge in [-0.15, -0.1) is 0 Å². The van der Waals surface area contributed by atoms with E-state index in [4.69, 9.17) is 18.9 Å². The molecule has 1 saturated heterocycles. The van der Waals surface area contributed by atoms with Crippen LogP contribution in [0.4, 0.5) is 4.79 Å². The van der Waals surface area contributed by atoms with E-state index in [0.717, 1.165) is 46.6 Å². The topological polar surface area (TPSA) is 76.3 Å². The first-order valence-corrected chi connectivity index (χ1v) is 13.2. The normalized spacial score (nSPS) is 18.4. The molecule has 2 aromatic carbocycles. The molecule has 2 aliphatic rings. The summed E-state index contributed by atoms with van der Waals surface area (Å²) in [7, 11) is 3.36. The van der Waals surface area contributed by atoms with Crippen LogP contribution in [-0.2, 0) is 11.2 Å². The summed E-state index contributed by atoms with van der Waals surface area (Å²) in [6.07, 6.45) is 3.65. The SMILES string of the molecule is CCOc1cc2c(cc1OC)CCN(C(=O)N1CCOCC1)C2CC(C)c1c[nH]c2ccc(OC)cc12. The number of carbonyl (C=O) groups excluding carboxylic acids is 1. The zero-order valence-electron chi connectivity index (χ0n) is 22.2. The number of ether oxygens (including phenoxy) is 4. The molecule has 2 unspecified atom stereocenters. The van der Waals surface area contributed by atoms with E-state index in [1.807, 2.05) is 17.9 Å². The molecule has 0 bridgehead atoms. The minimum atomic E-state index is -0.0882. The highest BCUT2D eigenvalue weighted by molar-refractivity contribution is 5.85. The van der Waals surface area contributed by atoms with Crippen molar-refractivity contribution in [1.82, 2.24) is 14.8 Å². The molecule has 2 atom stereocenters. The van der Waals surface area contributed by atoms with Gasteiger partial charge in [0.25, 0.3) is 0 Å². The summed E-state index contributed by atoms with van der Waals surface area (Å²) >= 11 is 0. The molecule has 0 spiro atoms. The summed E-state index contributed by atoms with van der Waals surface area (Å²) in [4.78, 5) is 21.2. The molecule has 1 fully saturated rings. The van der Waals surface area contributed by atoms with Crippen molar-refractivity contribution in [2.45, 2.75) is 38.6 Å². The number of amides is 2. The third-order valence-corrected chi connectivity index (χ3v) is 7.64. The molecular formula is C29H37N3O5. The van der Waals surface area contributed by atoms with Crippen LogP contribution < -0.4 is 14.2 Å². The fourth-order valence-electron chi connectivity index (χ4n) is 5.67. The molecule has 2 aliphatic heterocycles. The summed E-state index contributed by atoms with van der Waals surface area (Å²) in [5, 5.41) is 1.15. The van der Waals surface area contributed by atoms with E-state index in [1.54, 1.807) is 14.2 Å². The van der Waals surface area contributed by atoms with E-state index in [9.17, 15) is 4.79 Å². The van der Waals surface area contributed by atoms with Gasteiger partial charge in [-0.2, -0.15) is 0 Å². The van der Waals surface area contributed by atoms with Crippen LogP contribution in [0, 0.1) is 0 Å².